The zero-order valence-corrected chi connectivity index (χ0v) is 6.26. The summed E-state index contributed by atoms with van der Waals surface area (Å²) < 4.78 is 0. The molecule has 10 heavy (non-hydrogen) atoms. The van der Waals surface area contributed by atoms with Crippen LogP contribution in [0.1, 0.15) is 19.8 Å². The zero-order valence-electron chi connectivity index (χ0n) is 6.26. The molecule has 0 spiro atoms. The molecule has 1 heterocycles. The Kier molecular flexibility index (Phi) is 2.27. The van der Waals surface area contributed by atoms with E-state index in [9.17, 15) is 4.79 Å². The highest BCUT2D eigenvalue weighted by molar-refractivity contribution is 5.77. The second-order valence-electron chi connectivity index (χ2n) is 2.89. The summed E-state index contributed by atoms with van der Waals surface area (Å²) in [6.07, 6.45) is 2.02. The standard InChI is InChI=1S/C7H14N2O/c1-5-6(7(8)10)3-2-4-9-5/h5-6,9H,2-4H2,1H3,(H2,8,10)/t5-,6-/m1/s1. The summed E-state index contributed by atoms with van der Waals surface area (Å²) in [6.45, 7) is 3.03. The molecule has 0 saturated carbocycles. The first-order chi connectivity index (χ1) is 4.72. The monoisotopic (exact) mass is 142 g/mol. The summed E-state index contributed by atoms with van der Waals surface area (Å²) in [5, 5.41) is 3.21. The van der Waals surface area contributed by atoms with Crippen molar-refractivity contribution in [1.29, 1.82) is 0 Å². The van der Waals surface area contributed by atoms with Crippen LogP contribution in [-0.2, 0) is 4.79 Å². The van der Waals surface area contributed by atoms with Gasteiger partial charge in [0.05, 0.1) is 5.92 Å². The van der Waals surface area contributed by atoms with Crippen molar-refractivity contribution < 1.29 is 4.79 Å². The van der Waals surface area contributed by atoms with Crippen molar-refractivity contribution in [3.63, 3.8) is 0 Å². The zero-order chi connectivity index (χ0) is 7.56. The second-order valence-corrected chi connectivity index (χ2v) is 2.89. The molecule has 3 heteroatoms. The molecule has 1 fully saturated rings. The van der Waals surface area contributed by atoms with Crippen molar-refractivity contribution in [2.45, 2.75) is 25.8 Å². The minimum Gasteiger partial charge on any atom is -0.369 e. The number of carbonyl (C=O) groups is 1. The van der Waals surface area contributed by atoms with E-state index >= 15 is 0 Å². The maximum absolute atomic E-state index is 10.7. The van der Waals surface area contributed by atoms with Gasteiger partial charge in [0.15, 0.2) is 0 Å². The van der Waals surface area contributed by atoms with E-state index < -0.39 is 0 Å². The number of rotatable bonds is 1. The Morgan fingerprint density at radius 2 is 2.40 bits per heavy atom. The molecule has 58 valence electrons. The van der Waals surface area contributed by atoms with E-state index in [0.29, 0.717) is 0 Å². The van der Waals surface area contributed by atoms with Crippen molar-refractivity contribution in [3.8, 4) is 0 Å². The fourth-order valence-corrected chi connectivity index (χ4v) is 1.43. The molecule has 3 nitrogen and oxygen atoms in total. The fourth-order valence-electron chi connectivity index (χ4n) is 1.43. The van der Waals surface area contributed by atoms with Gasteiger partial charge in [-0.3, -0.25) is 4.79 Å². The number of hydrogen-bond acceptors (Lipinski definition) is 2. The molecule has 0 radical (unpaired) electrons. The van der Waals surface area contributed by atoms with Crippen LogP contribution >= 0.6 is 0 Å². The predicted molar refractivity (Wildman–Crippen MR) is 39.4 cm³/mol. The third-order valence-corrected chi connectivity index (χ3v) is 2.13. The number of hydrogen-bond donors (Lipinski definition) is 2. The van der Waals surface area contributed by atoms with Crippen LogP contribution in [0.3, 0.4) is 0 Å². The van der Waals surface area contributed by atoms with Gasteiger partial charge in [0.25, 0.3) is 0 Å². The van der Waals surface area contributed by atoms with E-state index in [1.807, 2.05) is 6.92 Å². The third kappa shape index (κ3) is 1.48. The number of amides is 1. The second kappa shape index (κ2) is 3.01. The first-order valence-electron chi connectivity index (χ1n) is 3.74. The van der Waals surface area contributed by atoms with Crippen molar-refractivity contribution in [2.75, 3.05) is 6.54 Å². The molecule has 1 aliphatic rings. The van der Waals surface area contributed by atoms with Gasteiger partial charge >= 0.3 is 0 Å². The van der Waals surface area contributed by atoms with Gasteiger partial charge in [0.2, 0.25) is 5.91 Å². The summed E-state index contributed by atoms with van der Waals surface area (Å²) in [4.78, 5) is 10.7. The smallest absolute Gasteiger partial charge is 0.222 e. The molecule has 0 aromatic rings. The van der Waals surface area contributed by atoms with Gasteiger partial charge in [-0.15, -0.1) is 0 Å². The molecular formula is C7H14N2O. The highest BCUT2D eigenvalue weighted by Gasteiger charge is 2.24. The number of primary amides is 1. The minimum absolute atomic E-state index is 0.0498. The average molecular weight is 142 g/mol. The molecule has 3 N–H and O–H groups in total. The first-order valence-corrected chi connectivity index (χ1v) is 3.74. The van der Waals surface area contributed by atoms with E-state index in [1.54, 1.807) is 0 Å². The Balaban J connectivity index is 2.47. The molecule has 0 aromatic heterocycles. The number of piperidine rings is 1. The number of carbonyl (C=O) groups excluding carboxylic acids is 1. The van der Waals surface area contributed by atoms with E-state index in [0.717, 1.165) is 19.4 Å². The topological polar surface area (TPSA) is 55.1 Å². The Morgan fingerprint density at radius 3 is 2.80 bits per heavy atom. The van der Waals surface area contributed by atoms with E-state index in [1.165, 1.54) is 0 Å². The molecule has 0 unspecified atom stereocenters. The molecule has 0 aliphatic carbocycles. The normalized spacial score (nSPS) is 33.7. The highest BCUT2D eigenvalue weighted by Crippen LogP contribution is 2.14. The molecule has 1 amide bonds. The lowest BCUT2D eigenvalue weighted by Crippen LogP contribution is -2.44. The van der Waals surface area contributed by atoms with Gasteiger partial charge in [0.1, 0.15) is 0 Å². The summed E-state index contributed by atoms with van der Waals surface area (Å²) >= 11 is 0. The van der Waals surface area contributed by atoms with Crippen LogP contribution in [0.5, 0.6) is 0 Å². The Morgan fingerprint density at radius 1 is 1.70 bits per heavy atom. The largest absolute Gasteiger partial charge is 0.369 e. The van der Waals surface area contributed by atoms with Crippen LogP contribution < -0.4 is 11.1 Å². The van der Waals surface area contributed by atoms with Gasteiger partial charge in [-0.05, 0) is 26.3 Å². The lowest BCUT2D eigenvalue weighted by atomic mass is 9.92. The molecule has 1 rings (SSSR count). The Hall–Kier alpha value is -0.570. The molecule has 0 aromatic carbocycles. The van der Waals surface area contributed by atoms with Crippen molar-refractivity contribution in [3.05, 3.63) is 0 Å². The maximum Gasteiger partial charge on any atom is 0.222 e. The number of nitrogens with one attached hydrogen (secondary N) is 1. The van der Waals surface area contributed by atoms with Crippen LogP contribution in [0.2, 0.25) is 0 Å². The summed E-state index contributed by atoms with van der Waals surface area (Å²) in [7, 11) is 0. The van der Waals surface area contributed by atoms with Gasteiger partial charge in [0, 0.05) is 6.04 Å². The van der Waals surface area contributed by atoms with Crippen molar-refractivity contribution in [1.82, 2.24) is 5.32 Å². The maximum atomic E-state index is 10.7. The van der Waals surface area contributed by atoms with Crippen LogP contribution in [0.15, 0.2) is 0 Å². The predicted octanol–water partition coefficient (Wildman–Crippen LogP) is -0.140. The summed E-state index contributed by atoms with van der Waals surface area (Å²) in [5.74, 6) is -0.117. The van der Waals surface area contributed by atoms with Gasteiger partial charge < -0.3 is 11.1 Å². The first kappa shape index (κ1) is 7.54. The lowest BCUT2D eigenvalue weighted by molar-refractivity contribution is -0.123. The molecule has 1 aliphatic heterocycles. The van der Waals surface area contributed by atoms with E-state index in [-0.39, 0.29) is 17.9 Å². The van der Waals surface area contributed by atoms with E-state index in [4.69, 9.17) is 5.73 Å². The Bertz CT molecular complexity index is 136. The molecule has 1 saturated heterocycles. The Labute approximate surface area is 61.0 Å². The summed E-state index contributed by atoms with van der Waals surface area (Å²) in [6, 6.07) is 0.270. The van der Waals surface area contributed by atoms with Crippen LogP contribution in [0.25, 0.3) is 0 Å². The quantitative estimate of drug-likeness (QED) is 0.535. The fraction of sp³-hybridized carbons (Fsp3) is 0.857. The van der Waals surface area contributed by atoms with Gasteiger partial charge in [-0.25, -0.2) is 0 Å². The highest BCUT2D eigenvalue weighted by atomic mass is 16.1. The SMILES string of the molecule is C[C@H]1NCCC[C@H]1C(N)=O. The van der Waals surface area contributed by atoms with Crippen LogP contribution in [0, 0.1) is 5.92 Å². The van der Waals surface area contributed by atoms with Crippen LogP contribution in [0.4, 0.5) is 0 Å². The third-order valence-electron chi connectivity index (χ3n) is 2.13. The molecule has 0 bridgehead atoms. The van der Waals surface area contributed by atoms with Crippen LogP contribution in [-0.4, -0.2) is 18.5 Å². The van der Waals surface area contributed by atoms with E-state index in [2.05, 4.69) is 5.32 Å². The van der Waals surface area contributed by atoms with Gasteiger partial charge in [-0.1, -0.05) is 0 Å². The minimum atomic E-state index is -0.167. The van der Waals surface area contributed by atoms with Gasteiger partial charge in [-0.2, -0.15) is 0 Å². The van der Waals surface area contributed by atoms with Crippen molar-refractivity contribution >= 4 is 5.91 Å². The lowest BCUT2D eigenvalue weighted by Gasteiger charge is -2.27. The molecule has 2 atom stereocenters. The average Bonchev–Trinajstić information content (AvgIpc) is 1.88. The van der Waals surface area contributed by atoms with Crippen molar-refractivity contribution in [2.24, 2.45) is 11.7 Å². The molecular weight excluding hydrogens is 128 g/mol. The number of nitrogens with two attached hydrogens (primary N) is 1. The summed E-state index contributed by atoms with van der Waals surface area (Å²) in [5.41, 5.74) is 5.18.